The highest BCUT2D eigenvalue weighted by Gasteiger charge is 2.40. The van der Waals surface area contributed by atoms with Gasteiger partial charge < -0.3 is 21.1 Å². The monoisotopic (exact) mass is 266 g/mol. The fraction of sp³-hybridized carbons (Fsp3) is 0.692. The number of hydrogen-bond acceptors (Lipinski definition) is 4. The summed E-state index contributed by atoms with van der Waals surface area (Å²) < 4.78 is 0. The summed E-state index contributed by atoms with van der Waals surface area (Å²) in [6.07, 6.45) is 7.66. The topological polar surface area (TPSA) is 104 Å². The third-order valence-corrected chi connectivity index (χ3v) is 4.00. The zero-order valence-corrected chi connectivity index (χ0v) is 11.1. The van der Waals surface area contributed by atoms with Crippen LogP contribution in [0.5, 0.6) is 0 Å². The van der Waals surface area contributed by atoms with Crippen molar-refractivity contribution in [3.8, 4) is 0 Å². The molecule has 1 saturated carbocycles. The Kier molecular flexibility index (Phi) is 4.55. The maximum absolute atomic E-state index is 12.4. The minimum absolute atomic E-state index is 0.0258. The lowest BCUT2D eigenvalue weighted by Gasteiger charge is -2.28. The molecular formula is C13H22N4O2. The Morgan fingerprint density at radius 2 is 2.32 bits per heavy atom. The Hall–Kier alpha value is -1.40. The van der Waals surface area contributed by atoms with Gasteiger partial charge in [-0.1, -0.05) is 12.8 Å². The fourth-order valence-corrected chi connectivity index (χ4v) is 2.73. The third-order valence-electron chi connectivity index (χ3n) is 4.00. The molecular weight excluding hydrogens is 244 g/mol. The summed E-state index contributed by atoms with van der Waals surface area (Å²) in [5.41, 5.74) is 6.18. The number of imidazole rings is 1. The maximum Gasteiger partial charge on any atom is 0.227 e. The molecule has 1 atom stereocenters. The fourth-order valence-electron chi connectivity index (χ4n) is 2.73. The van der Waals surface area contributed by atoms with Gasteiger partial charge in [0, 0.05) is 19.2 Å². The Morgan fingerprint density at radius 1 is 1.58 bits per heavy atom. The van der Waals surface area contributed by atoms with E-state index in [1.54, 1.807) is 12.5 Å². The van der Waals surface area contributed by atoms with Gasteiger partial charge >= 0.3 is 0 Å². The van der Waals surface area contributed by atoms with Gasteiger partial charge in [0.15, 0.2) is 0 Å². The van der Waals surface area contributed by atoms with Crippen molar-refractivity contribution in [2.45, 2.75) is 38.1 Å². The highest BCUT2D eigenvalue weighted by molar-refractivity contribution is 5.83. The summed E-state index contributed by atoms with van der Waals surface area (Å²) in [5.74, 6) is -0.0258. The van der Waals surface area contributed by atoms with E-state index in [1.165, 1.54) is 0 Å². The van der Waals surface area contributed by atoms with E-state index in [-0.39, 0.29) is 18.6 Å². The number of aromatic amines is 1. The van der Waals surface area contributed by atoms with Crippen molar-refractivity contribution < 1.29 is 9.90 Å². The second-order valence-corrected chi connectivity index (χ2v) is 5.31. The van der Waals surface area contributed by atoms with Crippen LogP contribution >= 0.6 is 0 Å². The molecule has 5 N–H and O–H groups in total. The quantitative estimate of drug-likeness (QED) is 0.579. The van der Waals surface area contributed by atoms with Crippen molar-refractivity contribution in [1.82, 2.24) is 15.3 Å². The molecule has 0 radical (unpaired) electrons. The average molecular weight is 266 g/mol. The lowest BCUT2D eigenvalue weighted by atomic mass is 9.85. The van der Waals surface area contributed by atoms with Crippen molar-refractivity contribution in [1.29, 1.82) is 0 Å². The van der Waals surface area contributed by atoms with Crippen LogP contribution < -0.4 is 11.1 Å². The number of aliphatic hydroxyl groups excluding tert-OH is 1. The second kappa shape index (κ2) is 6.16. The smallest absolute Gasteiger partial charge is 0.227 e. The van der Waals surface area contributed by atoms with Gasteiger partial charge in [-0.25, -0.2) is 4.98 Å². The normalized spacial score (nSPS) is 19.3. The van der Waals surface area contributed by atoms with Crippen LogP contribution in [0.15, 0.2) is 12.5 Å². The van der Waals surface area contributed by atoms with E-state index >= 15 is 0 Å². The molecule has 6 nitrogen and oxygen atoms in total. The molecule has 1 fully saturated rings. The zero-order chi connectivity index (χ0) is 13.7. The number of aliphatic hydroxyl groups is 1. The molecule has 0 aromatic carbocycles. The van der Waals surface area contributed by atoms with Crippen LogP contribution in [0.2, 0.25) is 0 Å². The molecule has 19 heavy (non-hydrogen) atoms. The van der Waals surface area contributed by atoms with Gasteiger partial charge in [0.2, 0.25) is 5.91 Å². The molecule has 0 unspecified atom stereocenters. The first-order valence-electron chi connectivity index (χ1n) is 6.80. The molecule has 0 spiro atoms. The number of aromatic nitrogens is 2. The minimum atomic E-state index is -0.432. The molecule has 1 amide bonds. The van der Waals surface area contributed by atoms with Gasteiger partial charge in [-0.2, -0.15) is 0 Å². The predicted molar refractivity (Wildman–Crippen MR) is 71.3 cm³/mol. The van der Waals surface area contributed by atoms with E-state index < -0.39 is 5.41 Å². The molecule has 1 aliphatic rings. The van der Waals surface area contributed by atoms with E-state index in [9.17, 15) is 9.90 Å². The first kappa shape index (κ1) is 14.0. The summed E-state index contributed by atoms with van der Waals surface area (Å²) >= 11 is 0. The van der Waals surface area contributed by atoms with E-state index in [4.69, 9.17) is 5.73 Å². The van der Waals surface area contributed by atoms with Crippen LogP contribution in [-0.2, 0) is 11.2 Å². The number of carbonyl (C=O) groups excluding carboxylic acids is 1. The van der Waals surface area contributed by atoms with Crippen molar-refractivity contribution in [2.75, 3.05) is 13.2 Å². The number of rotatable bonds is 6. The molecule has 1 aliphatic carbocycles. The third kappa shape index (κ3) is 3.13. The van der Waals surface area contributed by atoms with Gasteiger partial charge in [-0.3, -0.25) is 4.79 Å². The van der Waals surface area contributed by atoms with Gasteiger partial charge in [0.1, 0.15) is 0 Å². The Balaban J connectivity index is 1.95. The number of nitrogens with one attached hydrogen (secondary N) is 2. The summed E-state index contributed by atoms with van der Waals surface area (Å²) in [4.78, 5) is 19.3. The van der Waals surface area contributed by atoms with E-state index in [0.29, 0.717) is 13.0 Å². The lowest BCUT2D eigenvalue weighted by Crippen LogP contribution is -2.49. The van der Waals surface area contributed by atoms with Crippen molar-refractivity contribution in [3.63, 3.8) is 0 Å². The first-order valence-corrected chi connectivity index (χ1v) is 6.80. The number of hydrogen-bond donors (Lipinski definition) is 4. The van der Waals surface area contributed by atoms with Crippen LogP contribution in [0.3, 0.4) is 0 Å². The van der Waals surface area contributed by atoms with Crippen LogP contribution in [0, 0.1) is 5.41 Å². The van der Waals surface area contributed by atoms with Gasteiger partial charge in [0.05, 0.1) is 30.1 Å². The molecule has 1 heterocycles. The summed E-state index contributed by atoms with van der Waals surface area (Å²) in [6, 6.07) is -0.306. The Bertz CT molecular complexity index is 399. The second-order valence-electron chi connectivity index (χ2n) is 5.31. The average Bonchev–Trinajstić information content (AvgIpc) is 3.09. The molecule has 106 valence electrons. The highest BCUT2D eigenvalue weighted by Crippen LogP contribution is 2.37. The molecule has 1 aromatic heterocycles. The molecule has 6 heteroatoms. The molecule has 0 bridgehead atoms. The van der Waals surface area contributed by atoms with Crippen molar-refractivity contribution >= 4 is 5.91 Å². The van der Waals surface area contributed by atoms with Crippen LogP contribution in [0.25, 0.3) is 0 Å². The van der Waals surface area contributed by atoms with Gasteiger partial charge in [0.25, 0.3) is 0 Å². The first-order chi connectivity index (χ1) is 9.20. The molecule has 0 aliphatic heterocycles. The minimum Gasteiger partial charge on any atom is -0.394 e. The highest BCUT2D eigenvalue weighted by atomic mass is 16.3. The summed E-state index contributed by atoms with van der Waals surface area (Å²) in [6.45, 7) is 0.276. The number of H-pyrrole nitrogens is 1. The van der Waals surface area contributed by atoms with Crippen molar-refractivity contribution in [3.05, 3.63) is 18.2 Å². The van der Waals surface area contributed by atoms with Gasteiger partial charge in [-0.15, -0.1) is 0 Å². The number of nitrogens with zero attached hydrogens (tertiary/aromatic N) is 1. The van der Waals surface area contributed by atoms with Crippen molar-refractivity contribution in [2.24, 2.45) is 11.1 Å². The lowest BCUT2D eigenvalue weighted by molar-refractivity contribution is -0.131. The largest absolute Gasteiger partial charge is 0.394 e. The predicted octanol–water partition coefficient (Wildman–Crippen LogP) is -0.0516. The zero-order valence-electron chi connectivity index (χ0n) is 11.1. The van der Waals surface area contributed by atoms with E-state index in [0.717, 1.165) is 31.4 Å². The molecule has 1 aromatic rings. The SMILES string of the molecule is NCC1(C(=O)N[C@H](CO)Cc2c[nH]cn2)CCCC1. The number of amides is 1. The number of nitrogens with two attached hydrogens (primary N) is 1. The van der Waals surface area contributed by atoms with Crippen LogP contribution in [-0.4, -0.2) is 40.2 Å². The van der Waals surface area contributed by atoms with E-state index in [2.05, 4.69) is 15.3 Å². The molecule has 0 saturated heterocycles. The maximum atomic E-state index is 12.4. The standard InChI is InChI=1S/C13H22N4O2/c14-8-13(3-1-2-4-13)12(19)17-11(7-18)5-10-6-15-9-16-10/h6,9,11,18H,1-5,7-8,14H2,(H,15,16)(H,17,19)/t11-/m0/s1. The van der Waals surface area contributed by atoms with Crippen LogP contribution in [0.4, 0.5) is 0 Å². The van der Waals surface area contributed by atoms with Gasteiger partial charge in [-0.05, 0) is 12.8 Å². The van der Waals surface area contributed by atoms with E-state index in [1.807, 2.05) is 0 Å². The van der Waals surface area contributed by atoms with Crippen LogP contribution in [0.1, 0.15) is 31.4 Å². The molecule has 2 rings (SSSR count). The summed E-state index contributed by atoms with van der Waals surface area (Å²) in [7, 11) is 0. The number of carbonyl (C=O) groups is 1. The Morgan fingerprint density at radius 3 is 2.84 bits per heavy atom. The Labute approximate surface area is 112 Å². The summed E-state index contributed by atoms with van der Waals surface area (Å²) in [5, 5.41) is 12.3.